The number of ether oxygens (including phenoxy) is 1. The smallest absolute Gasteiger partial charge is 0.240 e. The molecule has 0 saturated carbocycles. The molecule has 1 N–H and O–H groups in total. The number of morpholine rings is 1. The topological polar surface area (TPSA) is 59.4 Å². The van der Waals surface area contributed by atoms with Crippen molar-refractivity contribution in [1.82, 2.24) is 20.0 Å². The first-order chi connectivity index (χ1) is 13.6. The Kier molecular flexibility index (Phi) is 7.23. The van der Waals surface area contributed by atoms with E-state index in [4.69, 9.17) is 4.74 Å². The zero-order valence-electron chi connectivity index (χ0n) is 17.3. The average Bonchev–Trinajstić information content (AvgIpc) is 3.06. The lowest BCUT2D eigenvalue weighted by Gasteiger charge is -2.31. The largest absolute Gasteiger partial charge is 0.378 e. The molecule has 1 saturated heterocycles. The van der Waals surface area contributed by atoms with Gasteiger partial charge in [-0.1, -0.05) is 44.2 Å². The second-order valence-electron chi connectivity index (χ2n) is 7.26. The van der Waals surface area contributed by atoms with Crippen LogP contribution in [0.1, 0.15) is 36.4 Å². The number of aryl methyl sites for hydroxylation is 2. The summed E-state index contributed by atoms with van der Waals surface area (Å²) in [7, 11) is 2.00. The van der Waals surface area contributed by atoms with Crippen molar-refractivity contribution in [2.45, 2.75) is 45.7 Å². The number of amides is 1. The fraction of sp³-hybridized carbons (Fsp3) is 0.545. The fourth-order valence-corrected chi connectivity index (χ4v) is 3.92. The molecule has 2 heterocycles. The van der Waals surface area contributed by atoms with E-state index in [2.05, 4.69) is 36.4 Å². The molecule has 1 aromatic carbocycles. The zero-order valence-corrected chi connectivity index (χ0v) is 17.3. The van der Waals surface area contributed by atoms with Crippen LogP contribution in [0.3, 0.4) is 0 Å². The van der Waals surface area contributed by atoms with Gasteiger partial charge in [0, 0.05) is 37.9 Å². The molecule has 0 bridgehead atoms. The second-order valence-corrected chi connectivity index (χ2v) is 7.26. The lowest BCUT2D eigenvalue weighted by atomic mass is 10.0. The third-order valence-electron chi connectivity index (χ3n) is 5.46. The Morgan fingerprint density at radius 1 is 1.18 bits per heavy atom. The maximum absolute atomic E-state index is 13.2. The van der Waals surface area contributed by atoms with Gasteiger partial charge in [-0.15, -0.1) is 0 Å². The minimum atomic E-state index is -0.255. The Bertz CT molecular complexity index is 766. The number of nitrogens with one attached hydrogen (secondary N) is 1. The highest BCUT2D eigenvalue weighted by molar-refractivity contribution is 5.82. The normalized spacial score (nSPS) is 15.6. The maximum atomic E-state index is 13.2. The standard InChI is InChI=1S/C22H32N4O2/c1-4-19-18(21(5-2)25(3)24-19)16-23-20(15-17-9-7-6-8-10-17)22(27)26-11-13-28-14-12-26/h6-10,20,23H,4-5,11-16H2,1-3H3. The van der Waals surface area contributed by atoms with Crippen LogP contribution in [-0.4, -0.2) is 52.9 Å². The van der Waals surface area contributed by atoms with E-state index in [1.54, 1.807) is 0 Å². The number of aromatic nitrogens is 2. The van der Waals surface area contributed by atoms with Crippen LogP contribution in [0, 0.1) is 0 Å². The molecule has 0 spiro atoms. The highest BCUT2D eigenvalue weighted by atomic mass is 16.5. The van der Waals surface area contributed by atoms with Crippen LogP contribution in [-0.2, 0) is 42.4 Å². The average molecular weight is 385 g/mol. The monoisotopic (exact) mass is 384 g/mol. The van der Waals surface area contributed by atoms with Crippen LogP contribution < -0.4 is 5.32 Å². The van der Waals surface area contributed by atoms with Crippen molar-refractivity contribution in [2.75, 3.05) is 26.3 Å². The molecule has 1 aliphatic heterocycles. The van der Waals surface area contributed by atoms with Crippen molar-refractivity contribution in [3.05, 3.63) is 52.8 Å². The predicted octanol–water partition coefficient (Wildman–Crippen LogP) is 2.10. The third-order valence-corrected chi connectivity index (χ3v) is 5.46. The molecular formula is C22H32N4O2. The third kappa shape index (κ3) is 4.80. The molecule has 0 aliphatic carbocycles. The summed E-state index contributed by atoms with van der Waals surface area (Å²) < 4.78 is 7.39. The molecule has 28 heavy (non-hydrogen) atoms. The summed E-state index contributed by atoms with van der Waals surface area (Å²) in [4.78, 5) is 15.2. The quantitative estimate of drug-likeness (QED) is 0.757. The van der Waals surface area contributed by atoms with Gasteiger partial charge in [-0.05, 0) is 24.8 Å². The first-order valence-electron chi connectivity index (χ1n) is 10.3. The molecule has 3 rings (SSSR count). The summed E-state index contributed by atoms with van der Waals surface area (Å²) in [6.07, 6.45) is 2.51. The number of rotatable bonds is 8. The van der Waals surface area contributed by atoms with Gasteiger partial charge in [0.25, 0.3) is 0 Å². The lowest BCUT2D eigenvalue weighted by molar-refractivity contribution is -0.137. The minimum absolute atomic E-state index is 0.159. The summed E-state index contributed by atoms with van der Waals surface area (Å²) in [5, 5.41) is 8.22. The Balaban J connectivity index is 1.78. The van der Waals surface area contributed by atoms with Crippen molar-refractivity contribution in [1.29, 1.82) is 0 Å². The molecule has 6 heteroatoms. The number of carbonyl (C=O) groups excluding carboxylic acids is 1. The van der Waals surface area contributed by atoms with E-state index in [1.807, 2.05) is 34.8 Å². The fourth-order valence-electron chi connectivity index (χ4n) is 3.92. The Labute approximate surface area is 167 Å². The minimum Gasteiger partial charge on any atom is -0.378 e. The molecule has 1 aliphatic rings. The first kappa shape index (κ1) is 20.6. The van der Waals surface area contributed by atoms with Gasteiger partial charge in [0.05, 0.1) is 24.9 Å². The second kappa shape index (κ2) is 9.85. The molecule has 1 unspecified atom stereocenters. The van der Waals surface area contributed by atoms with Gasteiger partial charge in [-0.3, -0.25) is 9.48 Å². The van der Waals surface area contributed by atoms with Gasteiger partial charge in [-0.2, -0.15) is 5.10 Å². The molecule has 1 aromatic heterocycles. The van der Waals surface area contributed by atoms with E-state index >= 15 is 0 Å². The van der Waals surface area contributed by atoms with Gasteiger partial charge in [0.1, 0.15) is 0 Å². The van der Waals surface area contributed by atoms with Crippen molar-refractivity contribution in [3.8, 4) is 0 Å². The first-order valence-corrected chi connectivity index (χ1v) is 10.3. The molecule has 0 radical (unpaired) electrons. The molecule has 1 fully saturated rings. The summed E-state index contributed by atoms with van der Waals surface area (Å²) in [5.74, 6) is 0.159. The van der Waals surface area contributed by atoms with Crippen molar-refractivity contribution >= 4 is 5.91 Å². The summed E-state index contributed by atoms with van der Waals surface area (Å²) >= 11 is 0. The summed E-state index contributed by atoms with van der Waals surface area (Å²) in [5.41, 5.74) is 4.75. The highest BCUT2D eigenvalue weighted by Crippen LogP contribution is 2.16. The highest BCUT2D eigenvalue weighted by Gasteiger charge is 2.26. The Morgan fingerprint density at radius 2 is 1.89 bits per heavy atom. The van der Waals surface area contributed by atoms with Gasteiger partial charge < -0.3 is 15.0 Å². The number of hydrogen-bond acceptors (Lipinski definition) is 4. The molecule has 152 valence electrons. The zero-order chi connectivity index (χ0) is 19.9. The molecule has 6 nitrogen and oxygen atoms in total. The maximum Gasteiger partial charge on any atom is 0.240 e. The van der Waals surface area contributed by atoms with Crippen LogP contribution in [0.25, 0.3) is 0 Å². The van der Waals surface area contributed by atoms with Gasteiger partial charge >= 0.3 is 0 Å². The van der Waals surface area contributed by atoms with E-state index in [-0.39, 0.29) is 11.9 Å². The summed E-state index contributed by atoms with van der Waals surface area (Å²) in [6.45, 7) is 7.51. The van der Waals surface area contributed by atoms with Crippen molar-refractivity contribution < 1.29 is 9.53 Å². The van der Waals surface area contributed by atoms with E-state index in [0.29, 0.717) is 39.3 Å². The Hall–Kier alpha value is -2.18. The van der Waals surface area contributed by atoms with Crippen LogP contribution in [0.15, 0.2) is 30.3 Å². The number of benzene rings is 1. The number of hydrogen-bond donors (Lipinski definition) is 1. The van der Waals surface area contributed by atoms with Gasteiger partial charge in [0.15, 0.2) is 0 Å². The van der Waals surface area contributed by atoms with Crippen molar-refractivity contribution in [3.63, 3.8) is 0 Å². The molecule has 1 atom stereocenters. The van der Waals surface area contributed by atoms with Gasteiger partial charge in [0.2, 0.25) is 5.91 Å². The predicted molar refractivity (Wildman–Crippen MR) is 110 cm³/mol. The Morgan fingerprint density at radius 3 is 2.54 bits per heavy atom. The number of carbonyl (C=O) groups is 1. The van der Waals surface area contributed by atoms with E-state index in [1.165, 1.54) is 16.8 Å². The van der Waals surface area contributed by atoms with Crippen LogP contribution in [0.2, 0.25) is 0 Å². The van der Waals surface area contributed by atoms with Gasteiger partial charge in [-0.25, -0.2) is 0 Å². The summed E-state index contributed by atoms with van der Waals surface area (Å²) in [6, 6.07) is 9.97. The van der Waals surface area contributed by atoms with Crippen LogP contribution >= 0.6 is 0 Å². The molecular weight excluding hydrogens is 352 g/mol. The van der Waals surface area contributed by atoms with E-state index in [9.17, 15) is 4.79 Å². The SMILES string of the molecule is CCc1nn(C)c(CC)c1CNC(Cc1ccccc1)C(=O)N1CCOCC1. The van der Waals surface area contributed by atoms with Crippen LogP contribution in [0.5, 0.6) is 0 Å². The number of nitrogens with zero attached hydrogens (tertiary/aromatic N) is 3. The van der Waals surface area contributed by atoms with Crippen molar-refractivity contribution in [2.24, 2.45) is 7.05 Å². The van der Waals surface area contributed by atoms with E-state index in [0.717, 1.165) is 18.5 Å². The van der Waals surface area contributed by atoms with Crippen LogP contribution in [0.4, 0.5) is 0 Å². The molecule has 2 aromatic rings. The van der Waals surface area contributed by atoms with E-state index < -0.39 is 0 Å². The molecule has 1 amide bonds. The lowest BCUT2D eigenvalue weighted by Crippen LogP contribution is -2.51.